The highest BCUT2D eigenvalue weighted by Gasteiger charge is 2.47. The van der Waals surface area contributed by atoms with Gasteiger partial charge in [-0.05, 0) is 42.0 Å². The average Bonchev–Trinajstić information content (AvgIpc) is 3.22. The number of hydrogen-bond acceptors (Lipinski definition) is 5. The van der Waals surface area contributed by atoms with Crippen LogP contribution in [0.4, 0.5) is 24.7 Å². The minimum absolute atomic E-state index is 0.00984. The summed E-state index contributed by atoms with van der Waals surface area (Å²) < 4.78 is 53.1. The molecule has 1 aliphatic rings. The Kier molecular flexibility index (Phi) is 6.11. The molecule has 2 aromatic carbocycles. The Morgan fingerprint density at radius 2 is 1.85 bits per heavy atom. The van der Waals surface area contributed by atoms with E-state index in [1.54, 1.807) is 42.5 Å². The van der Waals surface area contributed by atoms with Crippen molar-refractivity contribution < 1.29 is 27.4 Å². The van der Waals surface area contributed by atoms with Gasteiger partial charge in [0, 0.05) is 17.1 Å². The van der Waals surface area contributed by atoms with E-state index in [9.17, 15) is 18.0 Å². The lowest BCUT2D eigenvalue weighted by atomic mass is 9.96. The van der Waals surface area contributed by atoms with E-state index >= 15 is 0 Å². The number of hydrogen-bond donors (Lipinski definition) is 2. The van der Waals surface area contributed by atoms with Gasteiger partial charge in [0.15, 0.2) is 17.5 Å². The number of amides is 1. The fourth-order valence-electron chi connectivity index (χ4n) is 3.75. The van der Waals surface area contributed by atoms with Crippen LogP contribution in [0.25, 0.3) is 0 Å². The van der Waals surface area contributed by atoms with Crippen LogP contribution in [-0.4, -0.2) is 36.1 Å². The zero-order valence-corrected chi connectivity index (χ0v) is 18.4. The SMILES string of the molecule is COc1ccc([C@H]2C[C@@H](C(F)(F)F)n3ncc(C(=O)Nc4ccc(Cl)cc4)c3N2)cc1OC. The molecule has 0 saturated carbocycles. The number of alkyl halides is 3. The molecule has 0 radical (unpaired) electrons. The molecule has 0 saturated heterocycles. The van der Waals surface area contributed by atoms with Gasteiger partial charge in [0.1, 0.15) is 11.4 Å². The van der Waals surface area contributed by atoms with E-state index in [0.29, 0.717) is 27.8 Å². The zero-order valence-electron chi connectivity index (χ0n) is 17.6. The Bertz CT molecular complexity index is 1160. The first kappa shape index (κ1) is 22.8. The van der Waals surface area contributed by atoms with Crippen molar-refractivity contribution in [3.63, 3.8) is 0 Å². The molecule has 1 aromatic heterocycles. The van der Waals surface area contributed by atoms with Gasteiger partial charge < -0.3 is 20.1 Å². The molecule has 2 atom stereocenters. The number of carbonyl (C=O) groups is 1. The van der Waals surface area contributed by atoms with Gasteiger partial charge >= 0.3 is 6.18 Å². The molecule has 1 amide bonds. The lowest BCUT2D eigenvalue weighted by Crippen LogP contribution is -2.36. The first-order chi connectivity index (χ1) is 15.7. The van der Waals surface area contributed by atoms with Crippen molar-refractivity contribution in [3.05, 3.63) is 64.8 Å². The van der Waals surface area contributed by atoms with Crippen molar-refractivity contribution in [2.75, 3.05) is 24.9 Å². The van der Waals surface area contributed by atoms with Gasteiger partial charge in [-0.15, -0.1) is 0 Å². The molecule has 174 valence electrons. The summed E-state index contributed by atoms with van der Waals surface area (Å²) in [5, 5.41) is 10.1. The molecule has 0 spiro atoms. The summed E-state index contributed by atoms with van der Waals surface area (Å²) in [6, 6.07) is 8.61. The van der Waals surface area contributed by atoms with Gasteiger partial charge in [-0.2, -0.15) is 18.3 Å². The molecule has 11 heteroatoms. The van der Waals surface area contributed by atoms with E-state index in [1.165, 1.54) is 14.2 Å². The maximum absolute atomic E-state index is 13.9. The number of ether oxygens (including phenoxy) is 2. The van der Waals surface area contributed by atoms with Crippen LogP contribution >= 0.6 is 11.6 Å². The number of aromatic nitrogens is 2. The maximum atomic E-state index is 13.9. The number of nitrogens with zero attached hydrogens (tertiary/aromatic N) is 2. The first-order valence-electron chi connectivity index (χ1n) is 9.91. The molecular weight excluding hydrogens is 461 g/mol. The number of fused-ring (bicyclic) bond motifs is 1. The standard InChI is InChI=1S/C22H20ClF3N4O3/c1-32-17-8-3-12(9-18(17)33-2)16-10-19(22(24,25)26)30-20(29-16)15(11-27-30)21(31)28-14-6-4-13(23)5-7-14/h3-9,11,16,19,29H,10H2,1-2H3,(H,28,31)/t16-,19+/m1/s1. The van der Waals surface area contributed by atoms with Gasteiger partial charge in [-0.25, -0.2) is 4.68 Å². The number of nitrogens with one attached hydrogen (secondary N) is 2. The van der Waals surface area contributed by atoms with Crippen molar-refractivity contribution >= 4 is 29.0 Å². The van der Waals surface area contributed by atoms with Crippen molar-refractivity contribution in [2.24, 2.45) is 0 Å². The second kappa shape index (κ2) is 8.86. The highest BCUT2D eigenvalue weighted by molar-refractivity contribution is 6.30. The van der Waals surface area contributed by atoms with Crippen LogP contribution in [0.3, 0.4) is 0 Å². The Labute approximate surface area is 192 Å². The summed E-state index contributed by atoms with van der Waals surface area (Å²) in [6.07, 6.45) is -3.75. The van der Waals surface area contributed by atoms with Crippen molar-refractivity contribution in [3.8, 4) is 11.5 Å². The monoisotopic (exact) mass is 480 g/mol. The predicted octanol–water partition coefficient (Wildman–Crippen LogP) is 5.47. The lowest BCUT2D eigenvalue weighted by Gasteiger charge is -2.34. The summed E-state index contributed by atoms with van der Waals surface area (Å²) in [4.78, 5) is 12.9. The van der Waals surface area contributed by atoms with Crippen LogP contribution in [-0.2, 0) is 0 Å². The summed E-state index contributed by atoms with van der Waals surface area (Å²) in [5.74, 6) is 0.229. The van der Waals surface area contributed by atoms with Gasteiger partial charge in [0.25, 0.3) is 5.91 Å². The topological polar surface area (TPSA) is 77.4 Å². The maximum Gasteiger partial charge on any atom is 0.410 e. The largest absolute Gasteiger partial charge is 0.493 e. The predicted molar refractivity (Wildman–Crippen MR) is 117 cm³/mol. The molecule has 2 heterocycles. The lowest BCUT2D eigenvalue weighted by molar-refractivity contribution is -0.173. The average molecular weight is 481 g/mol. The number of halogens is 4. The summed E-state index contributed by atoms with van der Waals surface area (Å²) in [5.41, 5.74) is 0.992. The minimum Gasteiger partial charge on any atom is -0.493 e. The third kappa shape index (κ3) is 4.56. The molecule has 7 nitrogen and oxygen atoms in total. The quantitative estimate of drug-likeness (QED) is 0.506. The Hall–Kier alpha value is -3.40. The highest BCUT2D eigenvalue weighted by Crippen LogP contribution is 2.45. The molecule has 33 heavy (non-hydrogen) atoms. The number of carbonyl (C=O) groups excluding carboxylic acids is 1. The van der Waals surface area contributed by atoms with Crippen LogP contribution < -0.4 is 20.1 Å². The second-order valence-corrected chi connectivity index (χ2v) is 7.85. The van der Waals surface area contributed by atoms with Gasteiger partial charge in [-0.1, -0.05) is 17.7 Å². The fraction of sp³-hybridized carbons (Fsp3) is 0.273. The molecule has 0 unspecified atom stereocenters. The smallest absolute Gasteiger partial charge is 0.410 e. The number of methoxy groups -OCH3 is 2. The Morgan fingerprint density at radius 3 is 2.48 bits per heavy atom. The van der Waals surface area contributed by atoms with Crippen LogP contribution in [0.5, 0.6) is 11.5 Å². The number of rotatable bonds is 5. The van der Waals surface area contributed by atoms with Crippen molar-refractivity contribution in [2.45, 2.75) is 24.7 Å². The van der Waals surface area contributed by atoms with Crippen LogP contribution in [0.2, 0.25) is 5.02 Å². The number of benzene rings is 2. The summed E-state index contributed by atoms with van der Waals surface area (Å²) >= 11 is 5.86. The molecule has 4 rings (SSSR count). The normalized spacial score (nSPS) is 17.6. The van der Waals surface area contributed by atoms with Crippen molar-refractivity contribution in [1.82, 2.24) is 9.78 Å². The van der Waals surface area contributed by atoms with E-state index < -0.39 is 24.2 Å². The summed E-state index contributed by atoms with van der Waals surface area (Å²) in [7, 11) is 2.92. The minimum atomic E-state index is -4.57. The second-order valence-electron chi connectivity index (χ2n) is 7.42. The zero-order chi connectivity index (χ0) is 23.8. The first-order valence-corrected chi connectivity index (χ1v) is 10.3. The van der Waals surface area contributed by atoms with E-state index in [2.05, 4.69) is 15.7 Å². The molecule has 2 N–H and O–H groups in total. The molecule has 0 fully saturated rings. The fourth-order valence-corrected chi connectivity index (χ4v) is 3.87. The molecular formula is C22H20ClF3N4O3. The van der Waals surface area contributed by atoms with Gasteiger partial charge in [0.05, 0.1) is 26.5 Å². The Balaban J connectivity index is 1.69. The van der Waals surface area contributed by atoms with Crippen LogP contribution in [0.1, 0.15) is 34.4 Å². The van der Waals surface area contributed by atoms with Crippen molar-refractivity contribution in [1.29, 1.82) is 0 Å². The van der Waals surface area contributed by atoms with Gasteiger partial charge in [-0.3, -0.25) is 4.79 Å². The van der Waals surface area contributed by atoms with Crippen LogP contribution in [0.15, 0.2) is 48.7 Å². The summed E-state index contributed by atoms with van der Waals surface area (Å²) in [6.45, 7) is 0. The molecule has 0 aliphatic carbocycles. The van der Waals surface area contributed by atoms with E-state index in [4.69, 9.17) is 21.1 Å². The van der Waals surface area contributed by atoms with Crippen LogP contribution in [0, 0.1) is 0 Å². The number of anilines is 2. The Morgan fingerprint density at radius 1 is 1.15 bits per heavy atom. The van der Waals surface area contributed by atoms with Gasteiger partial charge in [0.2, 0.25) is 0 Å². The van der Waals surface area contributed by atoms with E-state index in [1.807, 2.05) is 0 Å². The molecule has 1 aliphatic heterocycles. The third-order valence-electron chi connectivity index (χ3n) is 5.40. The third-order valence-corrected chi connectivity index (χ3v) is 5.65. The van der Waals surface area contributed by atoms with E-state index in [-0.39, 0.29) is 17.8 Å². The molecule has 0 bridgehead atoms. The molecule has 3 aromatic rings. The van der Waals surface area contributed by atoms with E-state index in [0.717, 1.165) is 10.9 Å². The highest BCUT2D eigenvalue weighted by atomic mass is 35.5.